The predicted octanol–water partition coefficient (Wildman–Crippen LogP) is -0.386. The van der Waals surface area contributed by atoms with Gasteiger partial charge in [-0.05, 0) is 14.1 Å². The molecule has 1 heterocycles. The topological polar surface area (TPSA) is 42.0 Å². The largest absolute Gasteiger partial charge is 0.509 e. The van der Waals surface area contributed by atoms with E-state index in [1.54, 1.807) is 6.20 Å². The van der Waals surface area contributed by atoms with Gasteiger partial charge in [0, 0.05) is 20.1 Å². The van der Waals surface area contributed by atoms with Crippen molar-refractivity contribution in [1.29, 1.82) is 0 Å². The van der Waals surface area contributed by atoms with Gasteiger partial charge in [-0.2, -0.15) is 0 Å². The SMILES string of the molecule is CN(C)CCN(C)N1CC(O)=CN1. The molecule has 1 rings (SSSR count). The number of nitrogens with zero attached hydrogens (tertiary/aromatic N) is 3. The predicted molar refractivity (Wildman–Crippen MR) is 51.7 cm³/mol. The third-order valence-electron chi connectivity index (χ3n) is 1.97. The van der Waals surface area contributed by atoms with Gasteiger partial charge >= 0.3 is 0 Å². The number of nitrogens with one attached hydrogen (secondary N) is 1. The summed E-state index contributed by atoms with van der Waals surface area (Å²) in [5, 5.41) is 13.1. The molecule has 0 saturated carbocycles. The molecule has 2 N–H and O–H groups in total. The second-order valence-electron chi connectivity index (χ2n) is 3.51. The highest BCUT2D eigenvalue weighted by Crippen LogP contribution is 2.02. The molecule has 0 radical (unpaired) electrons. The molecule has 0 aromatic rings. The van der Waals surface area contributed by atoms with Gasteiger partial charge in [-0.1, -0.05) is 0 Å². The van der Waals surface area contributed by atoms with Gasteiger partial charge in [0.05, 0.1) is 12.7 Å². The summed E-state index contributed by atoms with van der Waals surface area (Å²) in [4.78, 5) is 2.12. The zero-order valence-corrected chi connectivity index (χ0v) is 8.49. The third-order valence-corrected chi connectivity index (χ3v) is 1.97. The highest BCUT2D eigenvalue weighted by Gasteiger charge is 2.16. The molecule has 0 fully saturated rings. The summed E-state index contributed by atoms with van der Waals surface area (Å²) in [5.74, 6) is 0.372. The first-order chi connectivity index (χ1) is 6.09. The summed E-state index contributed by atoms with van der Waals surface area (Å²) in [6.45, 7) is 2.47. The molecule has 1 aliphatic rings. The monoisotopic (exact) mass is 186 g/mol. The molecule has 0 atom stereocenters. The zero-order chi connectivity index (χ0) is 9.84. The molecular weight excluding hydrogens is 168 g/mol. The first kappa shape index (κ1) is 10.3. The molecule has 5 nitrogen and oxygen atoms in total. The van der Waals surface area contributed by atoms with Gasteiger partial charge in [0.25, 0.3) is 0 Å². The number of hydrazine groups is 2. The molecule has 0 aromatic heterocycles. The van der Waals surface area contributed by atoms with Crippen LogP contribution in [-0.2, 0) is 0 Å². The number of aliphatic hydroxyl groups excluding tert-OH is 1. The molecule has 13 heavy (non-hydrogen) atoms. The van der Waals surface area contributed by atoms with Crippen LogP contribution in [0.3, 0.4) is 0 Å². The first-order valence-corrected chi connectivity index (χ1v) is 4.37. The van der Waals surface area contributed by atoms with Gasteiger partial charge in [-0.15, -0.1) is 5.12 Å². The first-order valence-electron chi connectivity index (χ1n) is 4.37. The van der Waals surface area contributed by atoms with Gasteiger partial charge in [-0.25, -0.2) is 5.01 Å². The molecule has 0 aliphatic carbocycles. The maximum Gasteiger partial charge on any atom is 0.127 e. The van der Waals surface area contributed by atoms with Crippen molar-refractivity contribution in [2.75, 3.05) is 40.8 Å². The zero-order valence-electron chi connectivity index (χ0n) is 8.49. The van der Waals surface area contributed by atoms with Crippen LogP contribution in [0.15, 0.2) is 12.0 Å². The lowest BCUT2D eigenvalue weighted by Crippen LogP contribution is -2.46. The van der Waals surface area contributed by atoms with Gasteiger partial charge < -0.3 is 15.4 Å². The maximum atomic E-state index is 9.15. The summed E-state index contributed by atoms with van der Waals surface area (Å²) in [6.07, 6.45) is 1.60. The minimum absolute atomic E-state index is 0.372. The van der Waals surface area contributed by atoms with E-state index >= 15 is 0 Å². The van der Waals surface area contributed by atoms with Crippen molar-refractivity contribution in [3.63, 3.8) is 0 Å². The van der Waals surface area contributed by atoms with Crippen LogP contribution < -0.4 is 5.43 Å². The van der Waals surface area contributed by atoms with Crippen molar-refractivity contribution in [2.24, 2.45) is 0 Å². The van der Waals surface area contributed by atoms with Gasteiger partial charge in [0.1, 0.15) is 5.76 Å². The van der Waals surface area contributed by atoms with Crippen molar-refractivity contribution >= 4 is 0 Å². The highest BCUT2D eigenvalue weighted by atomic mass is 16.3. The van der Waals surface area contributed by atoms with Crippen molar-refractivity contribution in [3.8, 4) is 0 Å². The van der Waals surface area contributed by atoms with Crippen molar-refractivity contribution in [2.45, 2.75) is 0 Å². The van der Waals surface area contributed by atoms with Gasteiger partial charge in [0.15, 0.2) is 0 Å². The smallest absolute Gasteiger partial charge is 0.127 e. The standard InChI is InChI=1S/C8H18N4O/c1-10(2)4-5-11(3)12-7-8(13)6-9-12/h6,9,13H,4-5,7H2,1-3H3. The Hall–Kier alpha value is -0.780. The van der Waals surface area contributed by atoms with Crippen LogP contribution in [0, 0.1) is 0 Å². The van der Waals surface area contributed by atoms with Crippen LogP contribution in [0.25, 0.3) is 0 Å². The normalized spacial score (nSPS) is 18.1. The van der Waals surface area contributed by atoms with E-state index in [4.69, 9.17) is 5.11 Å². The summed E-state index contributed by atoms with van der Waals surface area (Å²) in [7, 11) is 6.07. The third kappa shape index (κ3) is 3.22. The quantitative estimate of drug-likeness (QED) is 0.626. The van der Waals surface area contributed by atoms with Crippen LogP contribution in [0.2, 0.25) is 0 Å². The lowest BCUT2D eigenvalue weighted by molar-refractivity contribution is -0.0228. The number of rotatable bonds is 4. The lowest BCUT2D eigenvalue weighted by Gasteiger charge is -2.28. The molecule has 0 unspecified atom stereocenters. The van der Waals surface area contributed by atoms with Crippen LogP contribution in [0.1, 0.15) is 0 Å². The molecule has 0 aromatic carbocycles. The second-order valence-corrected chi connectivity index (χ2v) is 3.51. The van der Waals surface area contributed by atoms with Crippen LogP contribution in [-0.4, -0.2) is 60.9 Å². The molecular formula is C8H18N4O. The average Bonchev–Trinajstić information content (AvgIpc) is 2.47. The summed E-state index contributed by atoms with van der Waals surface area (Å²) in [5.41, 5.74) is 2.96. The van der Waals surface area contributed by atoms with E-state index in [9.17, 15) is 0 Å². The minimum atomic E-state index is 0.372. The minimum Gasteiger partial charge on any atom is -0.509 e. The van der Waals surface area contributed by atoms with Gasteiger partial charge in [-0.3, -0.25) is 0 Å². The fraction of sp³-hybridized carbons (Fsp3) is 0.750. The Morgan fingerprint density at radius 3 is 2.62 bits per heavy atom. The van der Waals surface area contributed by atoms with Crippen molar-refractivity contribution in [1.82, 2.24) is 20.5 Å². The van der Waals surface area contributed by atoms with Crippen molar-refractivity contribution in [3.05, 3.63) is 12.0 Å². The fourth-order valence-electron chi connectivity index (χ4n) is 1.08. The van der Waals surface area contributed by atoms with E-state index in [2.05, 4.69) is 10.3 Å². The van der Waals surface area contributed by atoms with Crippen LogP contribution in [0.5, 0.6) is 0 Å². The van der Waals surface area contributed by atoms with Crippen LogP contribution >= 0.6 is 0 Å². The van der Waals surface area contributed by atoms with E-state index in [1.165, 1.54) is 0 Å². The second kappa shape index (κ2) is 4.45. The number of hydrogen-bond donors (Lipinski definition) is 2. The molecule has 5 heteroatoms. The Bertz CT molecular complexity index is 193. The molecule has 76 valence electrons. The van der Waals surface area contributed by atoms with E-state index in [-0.39, 0.29) is 0 Å². The number of aliphatic hydroxyl groups is 1. The summed E-state index contributed by atoms with van der Waals surface area (Å²) < 4.78 is 0. The molecule has 0 saturated heterocycles. The molecule has 0 amide bonds. The Kier molecular flexibility index (Phi) is 3.53. The molecule has 0 bridgehead atoms. The number of likely N-dealkylation sites (N-methyl/N-ethyl adjacent to an activating group) is 2. The Balaban J connectivity index is 2.21. The van der Waals surface area contributed by atoms with Crippen molar-refractivity contribution < 1.29 is 5.11 Å². The molecule has 1 aliphatic heterocycles. The van der Waals surface area contributed by atoms with E-state index in [1.807, 2.05) is 31.3 Å². The number of hydrogen-bond acceptors (Lipinski definition) is 5. The highest BCUT2D eigenvalue weighted by molar-refractivity contribution is 4.96. The van der Waals surface area contributed by atoms with Crippen LogP contribution in [0.4, 0.5) is 0 Å². The summed E-state index contributed by atoms with van der Waals surface area (Å²) >= 11 is 0. The molecule has 0 spiro atoms. The fourth-order valence-corrected chi connectivity index (χ4v) is 1.08. The van der Waals surface area contributed by atoms with Gasteiger partial charge in [0.2, 0.25) is 0 Å². The maximum absolute atomic E-state index is 9.15. The van der Waals surface area contributed by atoms with E-state index < -0.39 is 0 Å². The summed E-state index contributed by atoms with van der Waals surface area (Å²) in [6, 6.07) is 0. The Morgan fingerprint density at radius 1 is 1.46 bits per heavy atom. The average molecular weight is 186 g/mol. The Labute approximate surface area is 79.2 Å². The van der Waals surface area contributed by atoms with E-state index in [0.717, 1.165) is 13.1 Å². The lowest BCUT2D eigenvalue weighted by atomic mass is 10.5. The van der Waals surface area contributed by atoms with E-state index in [0.29, 0.717) is 12.3 Å². The Morgan fingerprint density at radius 2 is 2.15 bits per heavy atom.